The normalized spacial score (nSPS) is 20.4. The maximum atomic E-state index is 12.1. The molecule has 0 aromatic carbocycles. The molecule has 20 heavy (non-hydrogen) atoms. The summed E-state index contributed by atoms with van der Waals surface area (Å²) in [5.74, 6) is -0.681. The first kappa shape index (κ1) is 16.8. The Morgan fingerprint density at radius 3 is 2.60 bits per heavy atom. The van der Waals surface area contributed by atoms with E-state index in [0.29, 0.717) is 19.0 Å². The van der Waals surface area contributed by atoms with Crippen molar-refractivity contribution in [2.75, 3.05) is 19.6 Å². The SMILES string of the molecule is CCCC(C(=O)NCC(C)N1CCCCC1)C(N)=NO. The van der Waals surface area contributed by atoms with Gasteiger partial charge in [0.1, 0.15) is 0 Å². The van der Waals surface area contributed by atoms with E-state index in [0.717, 1.165) is 19.5 Å². The molecule has 0 bridgehead atoms. The van der Waals surface area contributed by atoms with Gasteiger partial charge in [-0.2, -0.15) is 0 Å². The number of hydrogen-bond donors (Lipinski definition) is 3. The van der Waals surface area contributed by atoms with Crippen LogP contribution in [0.4, 0.5) is 0 Å². The van der Waals surface area contributed by atoms with Crippen molar-refractivity contribution < 1.29 is 10.0 Å². The number of hydrogen-bond acceptors (Lipinski definition) is 4. The van der Waals surface area contributed by atoms with Crippen LogP contribution in [-0.4, -0.2) is 47.5 Å². The minimum absolute atomic E-state index is 0.00465. The summed E-state index contributed by atoms with van der Waals surface area (Å²) < 4.78 is 0. The molecule has 0 aliphatic carbocycles. The Morgan fingerprint density at radius 2 is 2.05 bits per heavy atom. The summed E-state index contributed by atoms with van der Waals surface area (Å²) >= 11 is 0. The van der Waals surface area contributed by atoms with Gasteiger partial charge in [-0.05, 0) is 39.3 Å². The van der Waals surface area contributed by atoms with Crippen LogP contribution in [0.1, 0.15) is 46.0 Å². The molecule has 2 atom stereocenters. The summed E-state index contributed by atoms with van der Waals surface area (Å²) in [5, 5.41) is 14.6. The van der Waals surface area contributed by atoms with Crippen molar-refractivity contribution >= 4 is 11.7 Å². The van der Waals surface area contributed by atoms with Crippen LogP contribution in [0.5, 0.6) is 0 Å². The molecule has 0 spiro atoms. The predicted molar refractivity (Wildman–Crippen MR) is 79.7 cm³/mol. The zero-order valence-electron chi connectivity index (χ0n) is 12.6. The van der Waals surface area contributed by atoms with Gasteiger partial charge in [0.25, 0.3) is 0 Å². The summed E-state index contributed by atoms with van der Waals surface area (Å²) in [4.78, 5) is 14.5. The average molecular weight is 284 g/mol. The van der Waals surface area contributed by atoms with Gasteiger partial charge in [0.05, 0.1) is 5.92 Å². The van der Waals surface area contributed by atoms with Crippen molar-refractivity contribution in [3.8, 4) is 0 Å². The van der Waals surface area contributed by atoms with Gasteiger partial charge in [-0.15, -0.1) is 0 Å². The second-order valence-electron chi connectivity index (χ2n) is 5.56. The predicted octanol–water partition coefficient (Wildman–Crippen LogP) is 1.14. The molecule has 2 unspecified atom stereocenters. The number of amides is 1. The Kier molecular flexibility index (Phi) is 7.36. The first-order chi connectivity index (χ1) is 9.60. The summed E-state index contributed by atoms with van der Waals surface area (Å²) in [7, 11) is 0. The molecule has 0 aromatic heterocycles. The molecule has 116 valence electrons. The van der Waals surface area contributed by atoms with Gasteiger partial charge in [0.2, 0.25) is 5.91 Å². The molecule has 6 heteroatoms. The number of amidine groups is 1. The molecule has 1 aliphatic rings. The van der Waals surface area contributed by atoms with Gasteiger partial charge in [-0.1, -0.05) is 24.9 Å². The Balaban J connectivity index is 2.43. The Bertz CT molecular complexity index is 327. The molecule has 0 saturated carbocycles. The van der Waals surface area contributed by atoms with E-state index in [-0.39, 0.29) is 11.7 Å². The first-order valence-electron chi connectivity index (χ1n) is 7.59. The Labute approximate surface area is 121 Å². The number of carbonyl (C=O) groups excluding carboxylic acids is 1. The van der Waals surface area contributed by atoms with Gasteiger partial charge in [-0.3, -0.25) is 9.69 Å². The lowest BCUT2D eigenvalue weighted by atomic mass is 10.0. The van der Waals surface area contributed by atoms with Crippen LogP contribution < -0.4 is 11.1 Å². The number of oxime groups is 1. The zero-order chi connectivity index (χ0) is 15.0. The van der Waals surface area contributed by atoms with Gasteiger partial charge in [0, 0.05) is 12.6 Å². The third kappa shape index (κ3) is 5.00. The quantitative estimate of drug-likeness (QED) is 0.283. The van der Waals surface area contributed by atoms with Crippen LogP contribution in [0.2, 0.25) is 0 Å². The van der Waals surface area contributed by atoms with Crippen LogP contribution in [0.15, 0.2) is 5.16 Å². The van der Waals surface area contributed by atoms with E-state index in [2.05, 4.69) is 22.3 Å². The van der Waals surface area contributed by atoms with E-state index in [1.165, 1.54) is 19.3 Å². The number of piperidine rings is 1. The third-order valence-corrected chi connectivity index (χ3v) is 3.95. The lowest BCUT2D eigenvalue weighted by Gasteiger charge is -2.32. The topological polar surface area (TPSA) is 91.0 Å². The molecular formula is C14H28N4O2. The molecule has 0 radical (unpaired) electrons. The molecule has 1 amide bonds. The van der Waals surface area contributed by atoms with Crippen molar-refractivity contribution in [1.29, 1.82) is 0 Å². The molecule has 6 nitrogen and oxygen atoms in total. The second kappa shape index (κ2) is 8.79. The fourth-order valence-corrected chi connectivity index (χ4v) is 2.63. The molecule has 1 rings (SSSR count). The van der Waals surface area contributed by atoms with Crippen molar-refractivity contribution in [3.63, 3.8) is 0 Å². The number of carbonyl (C=O) groups is 1. The molecule has 1 fully saturated rings. The smallest absolute Gasteiger partial charge is 0.230 e. The molecule has 1 aliphatic heterocycles. The van der Waals surface area contributed by atoms with E-state index in [4.69, 9.17) is 10.9 Å². The maximum Gasteiger partial charge on any atom is 0.230 e. The largest absolute Gasteiger partial charge is 0.409 e. The average Bonchev–Trinajstić information content (AvgIpc) is 2.50. The second-order valence-corrected chi connectivity index (χ2v) is 5.56. The minimum Gasteiger partial charge on any atom is -0.409 e. The summed E-state index contributed by atoms with van der Waals surface area (Å²) in [5.41, 5.74) is 5.58. The molecule has 1 heterocycles. The molecule has 1 saturated heterocycles. The molecule has 4 N–H and O–H groups in total. The van der Waals surface area contributed by atoms with E-state index in [1.54, 1.807) is 0 Å². The Morgan fingerprint density at radius 1 is 1.40 bits per heavy atom. The highest BCUT2D eigenvalue weighted by Gasteiger charge is 2.23. The van der Waals surface area contributed by atoms with Crippen molar-refractivity contribution in [2.45, 2.75) is 52.0 Å². The third-order valence-electron chi connectivity index (χ3n) is 3.95. The van der Waals surface area contributed by atoms with Crippen LogP contribution in [0, 0.1) is 5.92 Å². The van der Waals surface area contributed by atoms with Gasteiger partial charge < -0.3 is 16.3 Å². The van der Waals surface area contributed by atoms with E-state index in [9.17, 15) is 4.79 Å². The number of nitrogens with zero attached hydrogens (tertiary/aromatic N) is 2. The van der Waals surface area contributed by atoms with Crippen molar-refractivity contribution in [3.05, 3.63) is 0 Å². The highest BCUT2D eigenvalue weighted by atomic mass is 16.4. The van der Waals surface area contributed by atoms with Crippen molar-refractivity contribution in [2.24, 2.45) is 16.8 Å². The van der Waals surface area contributed by atoms with Crippen molar-refractivity contribution in [1.82, 2.24) is 10.2 Å². The lowest BCUT2D eigenvalue weighted by molar-refractivity contribution is -0.123. The molecule has 0 aromatic rings. The van der Waals surface area contributed by atoms with Crippen LogP contribution >= 0.6 is 0 Å². The molecular weight excluding hydrogens is 256 g/mol. The first-order valence-corrected chi connectivity index (χ1v) is 7.59. The summed E-state index contributed by atoms with van der Waals surface area (Å²) in [6.07, 6.45) is 5.19. The summed E-state index contributed by atoms with van der Waals surface area (Å²) in [6, 6.07) is 0.328. The highest BCUT2D eigenvalue weighted by Crippen LogP contribution is 2.12. The van der Waals surface area contributed by atoms with E-state index in [1.807, 2.05) is 6.92 Å². The monoisotopic (exact) mass is 284 g/mol. The number of likely N-dealkylation sites (tertiary alicyclic amines) is 1. The van der Waals surface area contributed by atoms with Gasteiger partial charge >= 0.3 is 0 Å². The van der Waals surface area contributed by atoms with Crippen LogP contribution in [0.25, 0.3) is 0 Å². The fourth-order valence-electron chi connectivity index (χ4n) is 2.63. The number of rotatable bonds is 7. The minimum atomic E-state index is -0.529. The Hall–Kier alpha value is -1.30. The number of nitrogens with one attached hydrogen (secondary N) is 1. The van der Waals surface area contributed by atoms with E-state index >= 15 is 0 Å². The van der Waals surface area contributed by atoms with E-state index < -0.39 is 5.92 Å². The zero-order valence-corrected chi connectivity index (χ0v) is 12.6. The lowest BCUT2D eigenvalue weighted by Crippen LogP contribution is -2.47. The van der Waals surface area contributed by atoms with Gasteiger partial charge in [-0.25, -0.2) is 0 Å². The summed E-state index contributed by atoms with van der Waals surface area (Å²) in [6.45, 7) is 6.92. The standard InChI is InChI=1S/C14H28N4O2/c1-3-7-12(13(15)17-20)14(19)16-10-11(2)18-8-5-4-6-9-18/h11-12,20H,3-10H2,1-2H3,(H2,15,17)(H,16,19). The number of nitrogens with two attached hydrogens (primary N) is 1. The van der Waals surface area contributed by atoms with Crippen LogP contribution in [0.3, 0.4) is 0 Å². The highest BCUT2D eigenvalue weighted by molar-refractivity contribution is 6.02. The fraction of sp³-hybridized carbons (Fsp3) is 0.857. The van der Waals surface area contributed by atoms with Crippen LogP contribution in [-0.2, 0) is 4.79 Å². The maximum absolute atomic E-state index is 12.1. The van der Waals surface area contributed by atoms with Gasteiger partial charge in [0.15, 0.2) is 5.84 Å².